The summed E-state index contributed by atoms with van der Waals surface area (Å²) in [6.07, 6.45) is 5.13. The van der Waals surface area contributed by atoms with Crippen molar-refractivity contribution in [3.05, 3.63) is 72.3 Å². The van der Waals surface area contributed by atoms with Crippen LogP contribution in [0.4, 0.5) is 0 Å². The van der Waals surface area contributed by atoms with Crippen LogP contribution in [-0.4, -0.2) is 15.9 Å². The van der Waals surface area contributed by atoms with Gasteiger partial charge in [-0.25, -0.2) is 0 Å². The van der Waals surface area contributed by atoms with Gasteiger partial charge in [-0.3, -0.25) is 14.8 Å². The maximum absolute atomic E-state index is 12.1. The van der Waals surface area contributed by atoms with Crippen LogP contribution in [0.5, 0.6) is 0 Å². The van der Waals surface area contributed by atoms with Gasteiger partial charge < -0.3 is 5.32 Å². The molecule has 1 amide bonds. The summed E-state index contributed by atoms with van der Waals surface area (Å²) in [4.78, 5) is 20.2. The lowest BCUT2D eigenvalue weighted by Gasteiger charge is -2.05. The zero-order valence-electron chi connectivity index (χ0n) is 10.8. The predicted molar refractivity (Wildman–Crippen MR) is 77.2 cm³/mol. The lowest BCUT2D eigenvalue weighted by molar-refractivity contribution is 0.0946. The highest BCUT2D eigenvalue weighted by Gasteiger charge is 2.07. The van der Waals surface area contributed by atoms with Crippen LogP contribution in [0.25, 0.3) is 10.8 Å². The van der Waals surface area contributed by atoms with E-state index in [1.165, 1.54) is 0 Å². The molecule has 2 heterocycles. The van der Waals surface area contributed by atoms with Gasteiger partial charge in [-0.1, -0.05) is 24.3 Å². The third-order valence-electron chi connectivity index (χ3n) is 3.07. The Morgan fingerprint density at radius 2 is 1.80 bits per heavy atom. The molecular formula is C16H13N3O. The van der Waals surface area contributed by atoms with Gasteiger partial charge in [-0.2, -0.15) is 0 Å². The van der Waals surface area contributed by atoms with Gasteiger partial charge in [-0.05, 0) is 29.1 Å². The fourth-order valence-electron chi connectivity index (χ4n) is 1.98. The van der Waals surface area contributed by atoms with E-state index in [1.807, 2.05) is 36.4 Å². The van der Waals surface area contributed by atoms with Gasteiger partial charge in [0.25, 0.3) is 5.91 Å². The van der Waals surface area contributed by atoms with Gasteiger partial charge in [-0.15, -0.1) is 0 Å². The van der Waals surface area contributed by atoms with E-state index in [9.17, 15) is 4.79 Å². The second-order valence-electron chi connectivity index (χ2n) is 4.45. The zero-order valence-corrected chi connectivity index (χ0v) is 10.8. The number of hydrogen-bond donors (Lipinski definition) is 1. The third kappa shape index (κ3) is 2.64. The van der Waals surface area contributed by atoms with Crippen molar-refractivity contribution in [3.8, 4) is 0 Å². The lowest BCUT2D eigenvalue weighted by atomic mass is 10.1. The Bertz CT molecular complexity index is 741. The third-order valence-corrected chi connectivity index (χ3v) is 3.07. The molecule has 0 saturated heterocycles. The first kappa shape index (κ1) is 12.3. The van der Waals surface area contributed by atoms with Crippen LogP contribution in [0.2, 0.25) is 0 Å². The molecule has 0 fully saturated rings. The average molecular weight is 263 g/mol. The number of nitrogens with one attached hydrogen (secondary N) is 1. The second kappa shape index (κ2) is 5.48. The minimum absolute atomic E-state index is 0.174. The fourth-order valence-corrected chi connectivity index (χ4v) is 1.98. The van der Waals surface area contributed by atoms with E-state index in [2.05, 4.69) is 15.3 Å². The maximum Gasteiger partial charge on any atom is 0.270 e. The number of carbonyl (C=O) groups is 1. The minimum atomic E-state index is -0.174. The lowest BCUT2D eigenvalue weighted by Crippen LogP contribution is -2.23. The molecule has 3 rings (SSSR count). The van der Waals surface area contributed by atoms with Crippen molar-refractivity contribution in [3.63, 3.8) is 0 Å². The quantitative estimate of drug-likeness (QED) is 0.790. The van der Waals surface area contributed by atoms with E-state index >= 15 is 0 Å². The van der Waals surface area contributed by atoms with Crippen molar-refractivity contribution in [1.82, 2.24) is 15.3 Å². The number of fused-ring (bicyclic) bond motifs is 1. The van der Waals surface area contributed by atoms with Crippen molar-refractivity contribution >= 4 is 16.7 Å². The van der Waals surface area contributed by atoms with E-state index in [-0.39, 0.29) is 5.91 Å². The fraction of sp³-hybridized carbons (Fsp3) is 0.0625. The first-order valence-corrected chi connectivity index (χ1v) is 6.35. The molecule has 0 atom stereocenters. The Balaban J connectivity index is 1.75. The summed E-state index contributed by atoms with van der Waals surface area (Å²) in [5.74, 6) is -0.174. The first-order valence-electron chi connectivity index (χ1n) is 6.35. The van der Waals surface area contributed by atoms with Crippen molar-refractivity contribution in [2.75, 3.05) is 0 Å². The molecule has 4 heteroatoms. The Kier molecular flexibility index (Phi) is 3.37. The highest BCUT2D eigenvalue weighted by molar-refractivity contribution is 5.96. The van der Waals surface area contributed by atoms with E-state index in [4.69, 9.17) is 0 Å². The van der Waals surface area contributed by atoms with Crippen molar-refractivity contribution < 1.29 is 4.79 Å². The molecule has 0 radical (unpaired) electrons. The van der Waals surface area contributed by atoms with Crippen LogP contribution in [0, 0.1) is 0 Å². The zero-order chi connectivity index (χ0) is 13.8. The van der Waals surface area contributed by atoms with E-state index in [1.54, 1.807) is 24.7 Å². The molecule has 0 aliphatic rings. The monoisotopic (exact) mass is 263 g/mol. The molecule has 2 aromatic heterocycles. The van der Waals surface area contributed by atoms with Crippen LogP contribution < -0.4 is 5.32 Å². The smallest absolute Gasteiger partial charge is 0.270 e. The number of nitrogens with zero attached hydrogens (tertiary/aromatic N) is 2. The standard InChI is InChI=1S/C16H13N3O/c20-16(19-10-12-5-7-17-8-6-12)15-9-13-3-1-2-4-14(13)11-18-15/h1-9,11H,10H2,(H,19,20). The maximum atomic E-state index is 12.1. The molecule has 0 aliphatic heterocycles. The van der Waals surface area contributed by atoms with Gasteiger partial charge in [0, 0.05) is 30.5 Å². The summed E-state index contributed by atoms with van der Waals surface area (Å²) in [5, 5.41) is 4.89. The molecule has 0 aliphatic carbocycles. The molecular weight excluding hydrogens is 250 g/mol. The van der Waals surface area contributed by atoms with Crippen LogP contribution >= 0.6 is 0 Å². The van der Waals surface area contributed by atoms with E-state index in [0.717, 1.165) is 16.3 Å². The van der Waals surface area contributed by atoms with Crippen LogP contribution in [-0.2, 0) is 6.54 Å². The summed E-state index contributed by atoms with van der Waals surface area (Å²) in [6, 6.07) is 13.4. The normalized spacial score (nSPS) is 10.4. The molecule has 20 heavy (non-hydrogen) atoms. The number of aromatic nitrogens is 2. The van der Waals surface area contributed by atoms with Crippen molar-refractivity contribution in [2.45, 2.75) is 6.54 Å². The molecule has 0 spiro atoms. The highest BCUT2D eigenvalue weighted by Crippen LogP contribution is 2.13. The second-order valence-corrected chi connectivity index (χ2v) is 4.45. The summed E-state index contributed by atoms with van der Waals surface area (Å²) < 4.78 is 0. The number of pyridine rings is 2. The summed E-state index contributed by atoms with van der Waals surface area (Å²) in [6.45, 7) is 0.468. The minimum Gasteiger partial charge on any atom is -0.347 e. The van der Waals surface area contributed by atoms with Gasteiger partial charge in [0.2, 0.25) is 0 Å². The van der Waals surface area contributed by atoms with Crippen molar-refractivity contribution in [2.24, 2.45) is 0 Å². The average Bonchev–Trinajstić information content (AvgIpc) is 2.53. The van der Waals surface area contributed by atoms with Crippen molar-refractivity contribution in [1.29, 1.82) is 0 Å². The Hall–Kier alpha value is -2.75. The van der Waals surface area contributed by atoms with Gasteiger partial charge >= 0.3 is 0 Å². The molecule has 3 aromatic rings. The molecule has 0 bridgehead atoms. The topological polar surface area (TPSA) is 54.9 Å². The largest absolute Gasteiger partial charge is 0.347 e. The summed E-state index contributed by atoms with van der Waals surface area (Å²) in [5.41, 5.74) is 1.44. The van der Waals surface area contributed by atoms with Crippen LogP contribution in [0.3, 0.4) is 0 Å². The Morgan fingerprint density at radius 1 is 1.05 bits per heavy atom. The van der Waals surface area contributed by atoms with E-state index in [0.29, 0.717) is 12.2 Å². The molecule has 98 valence electrons. The molecule has 4 nitrogen and oxygen atoms in total. The summed E-state index contributed by atoms with van der Waals surface area (Å²) in [7, 11) is 0. The number of carbonyl (C=O) groups excluding carboxylic acids is 1. The predicted octanol–water partition coefficient (Wildman–Crippen LogP) is 2.56. The number of hydrogen-bond acceptors (Lipinski definition) is 3. The molecule has 0 saturated carbocycles. The Labute approximate surface area is 116 Å². The Morgan fingerprint density at radius 3 is 2.60 bits per heavy atom. The van der Waals surface area contributed by atoms with E-state index < -0.39 is 0 Å². The first-order chi connectivity index (χ1) is 9.83. The highest BCUT2D eigenvalue weighted by atomic mass is 16.1. The van der Waals surface area contributed by atoms with Gasteiger partial charge in [0.15, 0.2) is 0 Å². The van der Waals surface area contributed by atoms with Crippen LogP contribution in [0.15, 0.2) is 61.1 Å². The van der Waals surface area contributed by atoms with Gasteiger partial charge in [0.05, 0.1) is 0 Å². The summed E-state index contributed by atoms with van der Waals surface area (Å²) >= 11 is 0. The SMILES string of the molecule is O=C(NCc1ccncc1)c1cc2ccccc2cn1. The number of benzene rings is 1. The molecule has 1 N–H and O–H groups in total. The number of rotatable bonds is 3. The van der Waals surface area contributed by atoms with Gasteiger partial charge in [0.1, 0.15) is 5.69 Å². The number of amides is 1. The molecule has 0 unspecified atom stereocenters. The molecule has 1 aromatic carbocycles. The van der Waals surface area contributed by atoms with Crippen LogP contribution in [0.1, 0.15) is 16.1 Å².